The first-order chi connectivity index (χ1) is 9.13. The summed E-state index contributed by atoms with van der Waals surface area (Å²) in [5.41, 5.74) is 0.655. The maximum atomic E-state index is 13.3. The number of carbonyl (C=O) groups is 1. The van der Waals surface area contributed by atoms with E-state index >= 15 is 0 Å². The molecule has 2 aromatic rings. The Morgan fingerprint density at radius 1 is 1.53 bits per heavy atom. The van der Waals surface area contributed by atoms with Crippen LogP contribution in [0.2, 0.25) is 0 Å². The second-order valence-corrected chi connectivity index (χ2v) is 4.69. The molecule has 1 amide bonds. The Morgan fingerprint density at radius 3 is 3.00 bits per heavy atom. The number of alkyl halides is 1. The summed E-state index contributed by atoms with van der Waals surface area (Å²) in [6, 6.07) is 4.36. The fraction of sp³-hybridized carbons (Fsp3) is 0.182. The predicted octanol–water partition coefficient (Wildman–Crippen LogP) is 2.53. The third-order valence-corrected chi connectivity index (χ3v) is 3.32. The van der Waals surface area contributed by atoms with Crippen molar-refractivity contribution >= 4 is 34.0 Å². The molecule has 1 N–H and O–H groups in total. The number of carbonyl (C=O) groups excluding carboxylic acids is 1. The van der Waals surface area contributed by atoms with Gasteiger partial charge in [-0.1, -0.05) is 11.3 Å². The molecular formula is C11H9ClFN3O2S. The first kappa shape index (κ1) is 13.7. The number of benzene rings is 1. The van der Waals surface area contributed by atoms with Gasteiger partial charge in [0.15, 0.2) is 11.6 Å². The molecule has 2 rings (SSSR count). The lowest BCUT2D eigenvalue weighted by atomic mass is 10.2. The largest absolute Gasteiger partial charge is 0.494 e. The normalized spacial score (nSPS) is 10.3. The quantitative estimate of drug-likeness (QED) is 0.881. The van der Waals surface area contributed by atoms with Crippen molar-refractivity contribution in [1.29, 1.82) is 0 Å². The number of hydrogen-bond donors (Lipinski definition) is 1. The molecule has 8 heteroatoms. The smallest absolute Gasteiger partial charge is 0.241 e. The van der Waals surface area contributed by atoms with Gasteiger partial charge in [-0.3, -0.25) is 10.1 Å². The first-order valence-corrected chi connectivity index (χ1v) is 6.52. The molecule has 0 aliphatic rings. The number of nitrogens with zero attached hydrogens (tertiary/aromatic N) is 2. The van der Waals surface area contributed by atoms with E-state index in [0.717, 1.165) is 11.3 Å². The van der Waals surface area contributed by atoms with E-state index in [9.17, 15) is 9.18 Å². The van der Waals surface area contributed by atoms with E-state index in [1.165, 1.54) is 19.2 Å². The second kappa shape index (κ2) is 5.94. The number of nitrogens with one attached hydrogen (secondary N) is 1. The maximum Gasteiger partial charge on any atom is 0.241 e. The van der Waals surface area contributed by atoms with E-state index in [4.69, 9.17) is 16.3 Å². The highest BCUT2D eigenvalue weighted by Gasteiger charge is 2.11. The van der Waals surface area contributed by atoms with Crippen LogP contribution in [0.1, 0.15) is 0 Å². The topological polar surface area (TPSA) is 64.1 Å². The van der Waals surface area contributed by atoms with E-state index < -0.39 is 5.82 Å². The van der Waals surface area contributed by atoms with Crippen LogP contribution < -0.4 is 10.1 Å². The van der Waals surface area contributed by atoms with Gasteiger partial charge in [0.1, 0.15) is 10.9 Å². The molecule has 0 atom stereocenters. The number of halogens is 2. The van der Waals surface area contributed by atoms with Crippen molar-refractivity contribution in [2.24, 2.45) is 0 Å². The monoisotopic (exact) mass is 301 g/mol. The number of amides is 1. The minimum Gasteiger partial charge on any atom is -0.494 e. The van der Waals surface area contributed by atoms with E-state index in [2.05, 4.69) is 15.5 Å². The van der Waals surface area contributed by atoms with Crippen LogP contribution in [-0.4, -0.2) is 29.1 Å². The second-order valence-electron chi connectivity index (χ2n) is 3.44. The van der Waals surface area contributed by atoms with E-state index in [1.54, 1.807) is 6.07 Å². The Bertz CT molecular complexity index is 605. The minimum absolute atomic E-state index is 0.124. The van der Waals surface area contributed by atoms with Crippen LogP contribution in [-0.2, 0) is 4.79 Å². The lowest BCUT2D eigenvalue weighted by Gasteiger charge is -2.02. The van der Waals surface area contributed by atoms with Gasteiger partial charge < -0.3 is 4.74 Å². The molecule has 100 valence electrons. The van der Waals surface area contributed by atoms with Crippen molar-refractivity contribution in [3.63, 3.8) is 0 Å². The molecule has 1 aromatic carbocycles. The SMILES string of the molecule is COc1cc(-c2nnc(NC(=O)CCl)s2)ccc1F. The Balaban J connectivity index is 2.25. The summed E-state index contributed by atoms with van der Waals surface area (Å²) < 4.78 is 18.2. The van der Waals surface area contributed by atoms with E-state index in [-0.39, 0.29) is 17.5 Å². The van der Waals surface area contributed by atoms with Crippen molar-refractivity contribution in [2.45, 2.75) is 0 Å². The van der Waals surface area contributed by atoms with Gasteiger partial charge in [-0.05, 0) is 18.2 Å². The van der Waals surface area contributed by atoms with E-state index in [1.807, 2.05) is 0 Å². The highest BCUT2D eigenvalue weighted by molar-refractivity contribution is 7.18. The van der Waals surface area contributed by atoms with Crippen LogP contribution in [0, 0.1) is 5.82 Å². The minimum atomic E-state index is -0.452. The van der Waals surface area contributed by atoms with Crippen LogP contribution >= 0.6 is 22.9 Å². The maximum absolute atomic E-state index is 13.3. The Morgan fingerprint density at radius 2 is 2.32 bits per heavy atom. The summed E-state index contributed by atoms with van der Waals surface area (Å²) in [5.74, 6) is -0.842. The molecule has 1 aromatic heterocycles. The van der Waals surface area contributed by atoms with Gasteiger partial charge >= 0.3 is 0 Å². The number of hydrogen-bond acceptors (Lipinski definition) is 5. The highest BCUT2D eigenvalue weighted by atomic mass is 35.5. The summed E-state index contributed by atoms with van der Waals surface area (Å²) in [4.78, 5) is 11.1. The number of aromatic nitrogens is 2. The average molecular weight is 302 g/mol. The molecule has 0 fully saturated rings. The lowest BCUT2D eigenvalue weighted by Crippen LogP contribution is -2.12. The standard InChI is InChI=1S/C11H9ClFN3O2S/c1-18-8-4-6(2-3-7(8)13)10-15-16-11(19-10)14-9(17)5-12/h2-4H,5H2,1H3,(H,14,16,17). The summed E-state index contributed by atoms with van der Waals surface area (Å²) in [7, 11) is 1.38. The van der Waals surface area contributed by atoms with Gasteiger partial charge in [0.25, 0.3) is 0 Å². The van der Waals surface area contributed by atoms with Crippen LogP contribution in [0.25, 0.3) is 10.6 Å². The number of methoxy groups -OCH3 is 1. The van der Waals surface area contributed by atoms with Crippen LogP contribution in [0.4, 0.5) is 9.52 Å². The van der Waals surface area contributed by atoms with Gasteiger partial charge in [-0.25, -0.2) is 4.39 Å². The molecule has 19 heavy (non-hydrogen) atoms. The Labute approximate surface area is 117 Å². The molecule has 0 spiro atoms. The van der Waals surface area contributed by atoms with Crippen molar-refractivity contribution < 1.29 is 13.9 Å². The zero-order valence-corrected chi connectivity index (χ0v) is 11.4. The molecule has 0 radical (unpaired) electrons. The van der Waals surface area contributed by atoms with Crippen molar-refractivity contribution in [3.05, 3.63) is 24.0 Å². The van der Waals surface area contributed by atoms with Crippen LogP contribution in [0.3, 0.4) is 0 Å². The molecular weight excluding hydrogens is 293 g/mol. The van der Waals surface area contributed by atoms with Crippen molar-refractivity contribution in [1.82, 2.24) is 10.2 Å². The zero-order valence-electron chi connectivity index (χ0n) is 9.81. The van der Waals surface area contributed by atoms with Crippen molar-refractivity contribution in [2.75, 3.05) is 18.3 Å². The van der Waals surface area contributed by atoms with Crippen LogP contribution in [0.15, 0.2) is 18.2 Å². The predicted molar refractivity (Wildman–Crippen MR) is 71.2 cm³/mol. The molecule has 0 unspecified atom stereocenters. The molecule has 0 saturated heterocycles. The number of anilines is 1. The molecule has 0 bridgehead atoms. The molecule has 1 heterocycles. The van der Waals surface area contributed by atoms with Crippen LogP contribution in [0.5, 0.6) is 5.75 Å². The highest BCUT2D eigenvalue weighted by Crippen LogP contribution is 2.30. The van der Waals surface area contributed by atoms with Gasteiger partial charge in [-0.15, -0.1) is 21.8 Å². The average Bonchev–Trinajstić information content (AvgIpc) is 2.87. The number of rotatable bonds is 4. The van der Waals surface area contributed by atoms with Gasteiger partial charge in [0, 0.05) is 5.56 Å². The first-order valence-electron chi connectivity index (χ1n) is 5.17. The Hall–Kier alpha value is -1.73. The summed E-state index contributed by atoms with van der Waals surface area (Å²) in [6.07, 6.45) is 0. The molecule has 0 saturated carbocycles. The fourth-order valence-corrected chi connectivity index (χ4v) is 2.16. The summed E-state index contributed by atoms with van der Waals surface area (Å²) in [5, 5.41) is 11.1. The van der Waals surface area contributed by atoms with Crippen molar-refractivity contribution in [3.8, 4) is 16.3 Å². The lowest BCUT2D eigenvalue weighted by molar-refractivity contribution is -0.113. The number of ether oxygens (including phenoxy) is 1. The third kappa shape index (κ3) is 3.18. The fourth-order valence-electron chi connectivity index (χ4n) is 1.34. The molecule has 0 aliphatic carbocycles. The third-order valence-electron chi connectivity index (χ3n) is 2.19. The summed E-state index contributed by atoms with van der Waals surface area (Å²) >= 11 is 6.53. The van der Waals surface area contributed by atoms with Gasteiger partial charge in [0.2, 0.25) is 11.0 Å². The summed E-state index contributed by atoms with van der Waals surface area (Å²) in [6.45, 7) is 0. The zero-order chi connectivity index (χ0) is 13.8. The molecule has 0 aliphatic heterocycles. The van der Waals surface area contributed by atoms with E-state index in [0.29, 0.717) is 15.7 Å². The van der Waals surface area contributed by atoms with Gasteiger partial charge in [-0.2, -0.15) is 0 Å². The van der Waals surface area contributed by atoms with Gasteiger partial charge in [0.05, 0.1) is 7.11 Å². The Kier molecular flexibility index (Phi) is 4.28. The molecule has 5 nitrogen and oxygen atoms in total.